The molecule has 0 saturated carbocycles. The maximum absolute atomic E-state index is 14.7. The van der Waals surface area contributed by atoms with Crippen molar-refractivity contribution < 1.29 is 32.2 Å². The lowest BCUT2D eigenvalue weighted by molar-refractivity contribution is -0.486. The minimum absolute atomic E-state index is 0.00606. The van der Waals surface area contributed by atoms with Gasteiger partial charge in [0, 0.05) is 24.7 Å². The van der Waals surface area contributed by atoms with E-state index >= 15 is 0 Å². The van der Waals surface area contributed by atoms with Crippen LogP contribution in [0.3, 0.4) is 0 Å². The zero-order chi connectivity index (χ0) is 25.9. The van der Waals surface area contributed by atoms with E-state index in [0.717, 1.165) is 25.8 Å². The third-order valence-corrected chi connectivity index (χ3v) is 7.53. The fourth-order valence-corrected chi connectivity index (χ4v) is 5.46. The average molecular weight is 514 g/mol. The lowest BCUT2D eigenvalue weighted by Crippen LogP contribution is -2.48. The van der Waals surface area contributed by atoms with Crippen molar-refractivity contribution in [3.05, 3.63) is 111 Å². The van der Waals surface area contributed by atoms with Gasteiger partial charge in [0.05, 0.1) is 18.2 Å². The molecular formula is C25H24FN2O7P. The first-order valence-electron chi connectivity index (χ1n) is 11.0. The maximum atomic E-state index is 14.7. The third kappa shape index (κ3) is 4.68. The van der Waals surface area contributed by atoms with Crippen molar-refractivity contribution in [2.75, 3.05) is 25.7 Å². The summed E-state index contributed by atoms with van der Waals surface area (Å²) in [7, 11) is -2.29. The second-order valence-electron chi connectivity index (χ2n) is 8.16. The standard InChI is InChI=1S/C25H24FN2O7P/c1-33-36(32,34-2)35-25(22(17-28(30)31)19-11-7-4-8-12-19)21-15-20(26)13-14-23(21)27(24(25)29)16-18-9-5-3-6-10-18/h3-15,22H,16-17H2,1-2H3/t22-,25-/m1/s1. The molecule has 0 aliphatic carbocycles. The Morgan fingerprint density at radius 2 is 1.64 bits per heavy atom. The largest absolute Gasteiger partial charge is 0.475 e. The normalized spacial score (nSPS) is 18.2. The van der Waals surface area contributed by atoms with E-state index in [4.69, 9.17) is 13.6 Å². The summed E-state index contributed by atoms with van der Waals surface area (Å²) in [6.45, 7) is -0.716. The average Bonchev–Trinajstić information content (AvgIpc) is 3.10. The molecule has 11 heteroatoms. The number of benzene rings is 3. The summed E-state index contributed by atoms with van der Waals surface area (Å²) in [6.07, 6.45) is 0. The van der Waals surface area contributed by atoms with Gasteiger partial charge in [-0.15, -0.1) is 0 Å². The van der Waals surface area contributed by atoms with Gasteiger partial charge in [0.15, 0.2) is 5.60 Å². The monoisotopic (exact) mass is 514 g/mol. The van der Waals surface area contributed by atoms with E-state index < -0.39 is 42.5 Å². The molecule has 0 unspecified atom stereocenters. The SMILES string of the molecule is COP(=O)(OC)O[C@]1([C@H](C[N+](=O)[O-])c2ccccc2)C(=O)N(Cc2ccccc2)c2ccc(F)cc21. The number of rotatable bonds is 10. The highest BCUT2D eigenvalue weighted by atomic mass is 31.2. The van der Waals surface area contributed by atoms with E-state index in [1.54, 1.807) is 54.6 Å². The number of amides is 1. The van der Waals surface area contributed by atoms with E-state index in [0.29, 0.717) is 5.56 Å². The van der Waals surface area contributed by atoms with Crippen LogP contribution in [-0.2, 0) is 35.1 Å². The Morgan fingerprint density at radius 3 is 2.22 bits per heavy atom. The van der Waals surface area contributed by atoms with Crippen LogP contribution in [0.2, 0.25) is 0 Å². The van der Waals surface area contributed by atoms with Crippen molar-refractivity contribution in [1.29, 1.82) is 0 Å². The zero-order valence-electron chi connectivity index (χ0n) is 19.6. The van der Waals surface area contributed by atoms with Crippen LogP contribution < -0.4 is 4.90 Å². The Balaban J connectivity index is 2.00. The lowest BCUT2D eigenvalue weighted by atomic mass is 9.78. The number of carbonyl (C=O) groups is 1. The molecule has 0 fully saturated rings. The number of nitro groups is 1. The molecule has 1 aliphatic heterocycles. The van der Waals surface area contributed by atoms with Crippen LogP contribution in [0.15, 0.2) is 78.9 Å². The van der Waals surface area contributed by atoms with Gasteiger partial charge in [-0.1, -0.05) is 60.7 Å². The molecule has 4 rings (SSSR count). The van der Waals surface area contributed by atoms with Crippen molar-refractivity contribution in [1.82, 2.24) is 0 Å². The van der Waals surface area contributed by atoms with Crippen molar-refractivity contribution >= 4 is 19.4 Å². The molecule has 0 N–H and O–H groups in total. The van der Waals surface area contributed by atoms with Crippen LogP contribution in [0.5, 0.6) is 0 Å². The van der Waals surface area contributed by atoms with Gasteiger partial charge in [0.1, 0.15) is 5.82 Å². The first-order chi connectivity index (χ1) is 17.2. The number of fused-ring (bicyclic) bond motifs is 1. The van der Waals surface area contributed by atoms with E-state index in [2.05, 4.69) is 0 Å². The topological polar surface area (TPSA) is 108 Å². The Bertz CT molecular complexity index is 1300. The van der Waals surface area contributed by atoms with Crippen LogP contribution in [0.25, 0.3) is 0 Å². The van der Waals surface area contributed by atoms with E-state index in [1.807, 2.05) is 6.07 Å². The summed E-state index contributed by atoms with van der Waals surface area (Å²) in [5.74, 6) is -2.76. The first kappa shape index (κ1) is 25.7. The highest BCUT2D eigenvalue weighted by molar-refractivity contribution is 7.48. The van der Waals surface area contributed by atoms with Gasteiger partial charge in [-0.3, -0.25) is 28.5 Å². The number of hydrogen-bond acceptors (Lipinski definition) is 7. The molecular weight excluding hydrogens is 490 g/mol. The second-order valence-corrected chi connectivity index (χ2v) is 9.96. The number of carbonyl (C=O) groups excluding carboxylic acids is 1. The molecule has 9 nitrogen and oxygen atoms in total. The van der Waals surface area contributed by atoms with Crippen LogP contribution in [-0.4, -0.2) is 31.6 Å². The van der Waals surface area contributed by atoms with Crippen molar-refractivity contribution in [3.63, 3.8) is 0 Å². The molecule has 0 saturated heterocycles. The predicted molar refractivity (Wildman–Crippen MR) is 129 cm³/mol. The summed E-state index contributed by atoms with van der Waals surface area (Å²) < 4.78 is 43.9. The molecule has 1 amide bonds. The van der Waals surface area contributed by atoms with Gasteiger partial charge in [0.25, 0.3) is 5.91 Å². The Kier molecular flexibility index (Phi) is 7.33. The highest BCUT2D eigenvalue weighted by Crippen LogP contribution is 2.61. The van der Waals surface area contributed by atoms with E-state index in [-0.39, 0.29) is 17.8 Å². The van der Waals surface area contributed by atoms with Crippen molar-refractivity contribution in [2.45, 2.75) is 18.1 Å². The molecule has 3 aromatic carbocycles. The molecule has 1 heterocycles. The number of hydrogen-bond donors (Lipinski definition) is 0. The minimum Gasteiger partial charge on any atom is -0.305 e. The van der Waals surface area contributed by atoms with E-state index in [1.165, 1.54) is 17.0 Å². The quantitative estimate of drug-likeness (QED) is 0.212. The first-order valence-corrected chi connectivity index (χ1v) is 12.4. The number of halogens is 1. The molecule has 0 aromatic heterocycles. The van der Waals surface area contributed by atoms with Gasteiger partial charge in [-0.05, 0) is 29.3 Å². The molecule has 188 valence electrons. The smallest absolute Gasteiger partial charge is 0.305 e. The molecule has 1 aliphatic rings. The Labute approximate surface area is 207 Å². The van der Waals surface area contributed by atoms with Crippen LogP contribution in [0, 0.1) is 15.9 Å². The molecule has 36 heavy (non-hydrogen) atoms. The van der Waals surface area contributed by atoms with Crippen LogP contribution >= 0.6 is 7.82 Å². The van der Waals surface area contributed by atoms with Gasteiger partial charge >= 0.3 is 7.82 Å². The summed E-state index contributed by atoms with van der Waals surface area (Å²) in [5.41, 5.74) is -0.911. The van der Waals surface area contributed by atoms with E-state index in [9.17, 15) is 23.9 Å². The second kappa shape index (κ2) is 10.3. The highest BCUT2D eigenvalue weighted by Gasteiger charge is 2.62. The summed E-state index contributed by atoms with van der Waals surface area (Å²) in [6, 6.07) is 20.9. The molecule has 3 aromatic rings. The summed E-state index contributed by atoms with van der Waals surface area (Å²) >= 11 is 0. The number of phosphoric acid groups is 1. The van der Waals surface area contributed by atoms with Gasteiger partial charge in [-0.2, -0.15) is 0 Å². The number of phosphoric ester groups is 1. The van der Waals surface area contributed by atoms with Crippen LogP contribution in [0.1, 0.15) is 22.6 Å². The molecule has 0 bridgehead atoms. The van der Waals surface area contributed by atoms with Gasteiger partial charge in [0.2, 0.25) is 6.54 Å². The summed E-state index contributed by atoms with van der Waals surface area (Å²) in [5, 5.41) is 11.9. The predicted octanol–water partition coefficient (Wildman–Crippen LogP) is 5.05. The van der Waals surface area contributed by atoms with Crippen molar-refractivity contribution in [2.24, 2.45) is 0 Å². The molecule has 2 atom stereocenters. The lowest BCUT2D eigenvalue weighted by Gasteiger charge is -2.36. The summed E-state index contributed by atoms with van der Waals surface area (Å²) in [4.78, 5) is 26.9. The molecule has 0 spiro atoms. The Hall–Kier alpha value is -3.43. The zero-order valence-corrected chi connectivity index (χ0v) is 20.5. The number of nitrogens with zero attached hydrogens (tertiary/aromatic N) is 2. The fraction of sp³-hybridized carbons (Fsp3) is 0.240. The Morgan fingerprint density at radius 1 is 1.03 bits per heavy atom. The van der Waals surface area contributed by atoms with Gasteiger partial charge < -0.3 is 4.90 Å². The maximum Gasteiger partial charge on any atom is 0.475 e. The molecule has 0 radical (unpaired) electrons. The number of anilines is 1. The fourth-order valence-electron chi connectivity index (χ4n) is 4.51. The van der Waals surface area contributed by atoms with Gasteiger partial charge in [-0.25, -0.2) is 8.96 Å². The third-order valence-electron chi connectivity index (χ3n) is 6.12. The van der Waals surface area contributed by atoms with Crippen LogP contribution in [0.4, 0.5) is 10.1 Å². The minimum atomic E-state index is -4.42. The van der Waals surface area contributed by atoms with Crippen molar-refractivity contribution in [3.8, 4) is 0 Å².